The average molecular weight is 588 g/mol. The molecule has 1 aromatic heterocycles. The summed E-state index contributed by atoms with van der Waals surface area (Å²) >= 11 is 0. The van der Waals surface area contributed by atoms with Gasteiger partial charge in [-0.3, -0.25) is 0 Å². The fraction of sp³-hybridized carbons (Fsp3) is 0.250. The molecule has 0 aliphatic carbocycles. The van der Waals surface area contributed by atoms with Crippen molar-refractivity contribution in [2.45, 2.75) is 38.4 Å². The molecule has 3 aromatic rings. The molecule has 1 N–H and O–H groups in total. The third-order valence-corrected chi connectivity index (χ3v) is 6.68. The van der Waals surface area contributed by atoms with Crippen molar-refractivity contribution < 1.29 is 41.1 Å². The van der Waals surface area contributed by atoms with Crippen LogP contribution in [-0.2, 0) is 16.5 Å². The molecule has 14 heteroatoms. The number of carbonyl (C=O) groups is 1. The van der Waals surface area contributed by atoms with Gasteiger partial charge >= 0.3 is 12.1 Å². The molecule has 42 heavy (non-hydrogen) atoms. The summed E-state index contributed by atoms with van der Waals surface area (Å²) in [5, 5.41) is 18.3. The second-order valence-electron chi connectivity index (χ2n) is 9.29. The maximum atomic E-state index is 14.3. The summed E-state index contributed by atoms with van der Waals surface area (Å²) in [6.07, 6.45) is -1.93. The Bertz CT molecular complexity index is 1730. The van der Waals surface area contributed by atoms with E-state index in [1.54, 1.807) is 0 Å². The minimum Gasteiger partial charge on any atom is -0.494 e. The van der Waals surface area contributed by atoms with Crippen LogP contribution in [0.2, 0.25) is 0 Å². The third kappa shape index (κ3) is 4.92. The van der Waals surface area contributed by atoms with Crippen molar-refractivity contribution >= 4 is 5.97 Å². The molecule has 0 bridgehead atoms. The first-order valence-electron chi connectivity index (χ1n) is 12.7. The maximum absolute atomic E-state index is 14.3. The number of aromatic nitrogens is 5. The summed E-state index contributed by atoms with van der Waals surface area (Å²) in [7, 11) is 0. The van der Waals surface area contributed by atoms with E-state index < -0.39 is 34.9 Å². The molecular weight excluding hydrogens is 565 g/mol. The molecule has 2 aromatic carbocycles. The third-order valence-electron chi connectivity index (χ3n) is 6.68. The molecule has 0 radical (unpaired) electrons. The van der Waals surface area contributed by atoms with Gasteiger partial charge in [-0.05, 0) is 43.2 Å². The van der Waals surface area contributed by atoms with Crippen LogP contribution in [0.4, 0.5) is 22.0 Å². The standard InChI is InChI=1S/C28H22F5N5O4/c1-3-10-41-15-8-9-16(18(11-15)28(31,32)33)20-12-23(42-37-20)27(4-2,26(39)40)38-14-22-21(13-34-38)35-25(36-22)17-6-5-7-19(29)24(17)30/h5-9,11-14H,3-4,10H2,1-2H3,(H,39,40). The van der Waals surface area contributed by atoms with Crippen molar-refractivity contribution in [2.75, 3.05) is 6.61 Å². The van der Waals surface area contributed by atoms with Gasteiger partial charge in [-0.1, -0.05) is 25.1 Å². The van der Waals surface area contributed by atoms with Gasteiger partial charge < -0.3 is 14.4 Å². The molecular formula is C28H22F5N5O4. The van der Waals surface area contributed by atoms with E-state index in [1.165, 1.54) is 43.6 Å². The number of halogens is 5. The van der Waals surface area contributed by atoms with Gasteiger partial charge in [-0.15, -0.1) is 0 Å². The van der Waals surface area contributed by atoms with Gasteiger partial charge in [-0.25, -0.2) is 28.2 Å². The van der Waals surface area contributed by atoms with E-state index in [1.807, 2.05) is 6.92 Å². The molecule has 5 rings (SSSR count). The minimum atomic E-state index is -4.77. The summed E-state index contributed by atoms with van der Waals surface area (Å²) in [5.41, 5.74) is -3.63. The Labute approximate surface area is 234 Å². The lowest BCUT2D eigenvalue weighted by Gasteiger charge is -2.27. The normalized spacial score (nSPS) is 13.3. The van der Waals surface area contributed by atoms with Crippen molar-refractivity contribution in [2.24, 2.45) is 0 Å². The zero-order valence-electron chi connectivity index (χ0n) is 22.1. The molecule has 0 amide bonds. The average Bonchev–Trinajstić information content (AvgIpc) is 3.61. The lowest BCUT2D eigenvalue weighted by molar-refractivity contribution is -0.147. The van der Waals surface area contributed by atoms with Gasteiger partial charge in [0.15, 0.2) is 23.2 Å². The van der Waals surface area contributed by atoms with Crippen molar-refractivity contribution in [1.29, 1.82) is 0 Å². The number of carboxylic acids is 1. The summed E-state index contributed by atoms with van der Waals surface area (Å²) in [4.78, 5) is 21.1. The number of hydrogen-bond donors (Lipinski definition) is 1. The van der Waals surface area contributed by atoms with Gasteiger partial charge in [0, 0.05) is 11.6 Å². The highest BCUT2D eigenvalue weighted by Gasteiger charge is 2.46. The maximum Gasteiger partial charge on any atom is 0.417 e. The van der Waals surface area contributed by atoms with Crippen molar-refractivity contribution in [3.05, 3.63) is 77.8 Å². The SMILES string of the molecule is CCCOc1ccc(-c2cc(C(CC)(C(=O)O)n3cc4nc(-c5cccc(F)c5F)nc-4cn3)on2)c(C(F)(F)F)c1. The molecule has 9 nitrogen and oxygen atoms in total. The smallest absolute Gasteiger partial charge is 0.417 e. The first-order valence-corrected chi connectivity index (χ1v) is 12.7. The Morgan fingerprint density at radius 2 is 1.79 bits per heavy atom. The summed E-state index contributed by atoms with van der Waals surface area (Å²) < 4.78 is 81.7. The van der Waals surface area contributed by atoms with Crippen LogP contribution in [0, 0.1) is 11.6 Å². The van der Waals surface area contributed by atoms with E-state index in [4.69, 9.17) is 9.26 Å². The largest absolute Gasteiger partial charge is 0.494 e. The summed E-state index contributed by atoms with van der Waals surface area (Å²) in [6, 6.07) is 8.01. The molecule has 2 aliphatic heterocycles. The monoisotopic (exact) mass is 587 g/mol. The number of rotatable bonds is 9. The van der Waals surface area contributed by atoms with E-state index in [9.17, 15) is 31.9 Å². The molecule has 0 spiro atoms. The van der Waals surface area contributed by atoms with Crippen molar-refractivity contribution in [3.8, 4) is 39.8 Å². The van der Waals surface area contributed by atoms with Crippen LogP contribution in [0.5, 0.6) is 5.75 Å². The number of aliphatic carboxylic acids is 1. The predicted octanol–water partition coefficient (Wildman–Crippen LogP) is 6.42. The molecule has 2 aliphatic rings. The van der Waals surface area contributed by atoms with Gasteiger partial charge in [0.1, 0.15) is 22.8 Å². The van der Waals surface area contributed by atoms with E-state index in [0.717, 1.165) is 22.9 Å². The van der Waals surface area contributed by atoms with Crippen molar-refractivity contribution in [1.82, 2.24) is 24.9 Å². The molecule has 218 valence electrons. The lowest BCUT2D eigenvalue weighted by Crippen LogP contribution is -2.43. The Kier molecular flexibility index (Phi) is 7.39. The zero-order valence-corrected chi connectivity index (χ0v) is 22.1. The van der Waals surface area contributed by atoms with E-state index >= 15 is 0 Å². The van der Waals surface area contributed by atoms with Crippen LogP contribution in [0.3, 0.4) is 0 Å². The number of benzene rings is 2. The Morgan fingerprint density at radius 1 is 1.02 bits per heavy atom. The number of imidazole rings is 1. The van der Waals surface area contributed by atoms with E-state index in [0.29, 0.717) is 6.42 Å². The van der Waals surface area contributed by atoms with Crippen LogP contribution in [0.1, 0.15) is 38.0 Å². The first kappa shape index (κ1) is 28.6. The van der Waals surface area contributed by atoms with E-state index in [2.05, 4.69) is 20.2 Å². The zero-order chi connectivity index (χ0) is 30.2. The van der Waals surface area contributed by atoms with Crippen LogP contribution in [-0.4, -0.2) is 42.6 Å². The number of ether oxygens (including phenoxy) is 1. The van der Waals surface area contributed by atoms with Crippen LogP contribution in [0.15, 0.2) is 59.4 Å². The van der Waals surface area contributed by atoms with Crippen molar-refractivity contribution in [3.63, 3.8) is 0 Å². The topological polar surface area (TPSA) is 116 Å². The molecule has 0 saturated heterocycles. The number of hydrogen-bond acceptors (Lipinski definition) is 7. The number of fused-ring (bicyclic) bond motifs is 1. The number of carboxylic acid groups (broad SMARTS) is 1. The van der Waals surface area contributed by atoms with Gasteiger partial charge in [0.2, 0.25) is 5.54 Å². The molecule has 3 heterocycles. The minimum absolute atomic E-state index is 0.0199. The van der Waals surface area contributed by atoms with Crippen LogP contribution >= 0.6 is 0 Å². The molecule has 1 atom stereocenters. The fourth-order valence-electron chi connectivity index (χ4n) is 4.52. The lowest BCUT2D eigenvalue weighted by atomic mass is 9.92. The highest BCUT2D eigenvalue weighted by atomic mass is 19.4. The fourth-order valence-corrected chi connectivity index (χ4v) is 4.52. The molecule has 1 unspecified atom stereocenters. The highest BCUT2D eigenvalue weighted by Crippen LogP contribution is 2.41. The highest BCUT2D eigenvalue weighted by molar-refractivity contribution is 5.81. The molecule has 0 saturated carbocycles. The van der Waals surface area contributed by atoms with Gasteiger partial charge in [0.25, 0.3) is 0 Å². The first-order chi connectivity index (χ1) is 20.0. The van der Waals surface area contributed by atoms with Gasteiger partial charge in [-0.2, -0.15) is 18.3 Å². The van der Waals surface area contributed by atoms with E-state index in [-0.39, 0.29) is 58.6 Å². The molecule has 0 fully saturated rings. The second kappa shape index (κ2) is 10.8. The number of alkyl halides is 3. The Hall–Kier alpha value is -4.88. The predicted molar refractivity (Wildman–Crippen MR) is 138 cm³/mol. The second-order valence-corrected chi connectivity index (χ2v) is 9.29. The Balaban J connectivity index is 1.59. The quantitative estimate of drug-likeness (QED) is 0.196. The summed E-state index contributed by atoms with van der Waals surface area (Å²) in [5.74, 6) is -4.12. The number of nitrogens with zero attached hydrogens (tertiary/aromatic N) is 5. The van der Waals surface area contributed by atoms with Crippen LogP contribution in [0.25, 0.3) is 34.0 Å². The van der Waals surface area contributed by atoms with Gasteiger partial charge in [0.05, 0.1) is 30.1 Å². The van der Waals surface area contributed by atoms with Crippen LogP contribution < -0.4 is 4.74 Å². The summed E-state index contributed by atoms with van der Waals surface area (Å²) in [6.45, 7) is 3.56. The Morgan fingerprint density at radius 3 is 2.48 bits per heavy atom.